The third kappa shape index (κ3) is 1.57. The third-order valence-corrected chi connectivity index (χ3v) is 3.91. The molecule has 0 saturated heterocycles. The lowest BCUT2D eigenvalue weighted by atomic mass is 9.83. The summed E-state index contributed by atoms with van der Waals surface area (Å²) in [5.41, 5.74) is 3.63. The second kappa shape index (κ2) is 4.09. The van der Waals surface area contributed by atoms with E-state index in [0.29, 0.717) is 22.3 Å². The predicted octanol–water partition coefficient (Wildman–Crippen LogP) is 3.32. The summed E-state index contributed by atoms with van der Waals surface area (Å²) in [7, 11) is 0. The van der Waals surface area contributed by atoms with E-state index in [1.54, 1.807) is 24.3 Å². The molecule has 0 bridgehead atoms. The van der Waals surface area contributed by atoms with Gasteiger partial charge in [-0.1, -0.05) is 36.4 Å². The number of aryl methyl sites for hydroxylation is 1. The molecular weight excluding hydrogens is 262 g/mol. The van der Waals surface area contributed by atoms with Gasteiger partial charge in [-0.15, -0.1) is 0 Å². The minimum atomic E-state index is -0.129. The number of rotatable bonds is 0. The van der Waals surface area contributed by atoms with Crippen LogP contribution in [0.25, 0.3) is 10.9 Å². The second-order valence-electron chi connectivity index (χ2n) is 5.27. The number of nitrogens with zero attached hydrogens (tertiary/aromatic N) is 1. The Labute approximate surface area is 121 Å². The first kappa shape index (κ1) is 12.0. The Morgan fingerprint density at radius 2 is 1.57 bits per heavy atom. The van der Waals surface area contributed by atoms with Gasteiger partial charge in [0.05, 0.1) is 11.1 Å². The first-order chi connectivity index (χ1) is 10.2. The van der Waals surface area contributed by atoms with E-state index in [-0.39, 0.29) is 11.6 Å². The van der Waals surface area contributed by atoms with Crippen LogP contribution >= 0.6 is 0 Å². The Hall–Kier alpha value is -2.81. The van der Waals surface area contributed by atoms with Gasteiger partial charge in [0.1, 0.15) is 0 Å². The molecule has 1 aliphatic carbocycles. The third-order valence-electron chi connectivity index (χ3n) is 3.91. The van der Waals surface area contributed by atoms with Gasteiger partial charge in [-0.05, 0) is 18.6 Å². The number of hydrogen-bond acceptors (Lipinski definition) is 3. The molecule has 21 heavy (non-hydrogen) atoms. The molecule has 0 amide bonds. The summed E-state index contributed by atoms with van der Waals surface area (Å²) in [4.78, 5) is 29.7. The molecule has 0 unspecified atom stereocenters. The molecular formula is C18H11NO2. The van der Waals surface area contributed by atoms with E-state index in [4.69, 9.17) is 0 Å². The van der Waals surface area contributed by atoms with Crippen LogP contribution in [0.5, 0.6) is 0 Å². The average molecular weight is 273 g/mol. The number of fused-ring (bicyclic) bond motifs is 4. The van der Waals surface area contributed by atoms with Gasteiger partial charge in [-0.25, -0.2) is 0 Å². The van der Waals surface area contributed by atoms with E-state index in [0.717, 1.165) is 16.5 Å². The molecule has 3 heteroatoms. The smallest absolute Gasteiger partial charge is 0.196 e. The largest absolute Gasteiger partial charge is 0.289 e. The van der Waals surface area contributed by atoms with E-state index < -0.39 is 0 Å². The van der Waals surface area contributed by atoms with Gasteiger partial charge < -0.3 is 0 Å². The van der Waals surface area contributed by atoms with E-state index in [9.17, 15) is 9.59 Å². The summed E-state index contributed by atoms with van der Waals surface area (Å²) in [6, 6.07) is 12.7. The van der Waals surface area contributed by atoms with Crippen molar-refractivity contribution in [3.8, 4) is 0 Å². The molecule has 2 aromatic carbocycles. The molecule has 1 aromatic heterocycles. The van der Waals surface area contributed by atoms with Crippen molar-refractivity contribution in [2.45, 2.75) is 6.92 Å². The molecule has 0 spiro atoms. The number of carbonyl (C=O) groups is 2. The predicted molar refractivity (Wildman–Crippen MR) is 79.8 cm³/mol. The molecule has 0 radical (unpaired) electrons. The van der Waals surface area contributed by atoms with Gasteiger partial charge in [-0.3, -0.25) is 14.6 Å². The quantitative estimate of drug-likeness (QED) is 0.494. The first-order valence-electron chi connectivity index (χ1n) is 6.74. The first-order valence-corrected chi connectivity index (χ1v) is 6.74. The van der Waals surface area contributed by atoms with Crippen molar-refractivity contribution in [1.82, 2.24) is 4.98 Å². The highest BCUT2D eigenvalue weighted by Crippen LogP contribution is 2.31. The van der Waals surface area contributed by atoms with Gasteiger partial charge >= 0.3 is 0 Å². The van der Waals surface area contributed by atoms with Gasteiger partial charge in [0.15, 0.2) is 11.6 Å². The fourth-order valence-corrected chi connectivity index (χ4v) is 2.88. The number of ketones is 2. The molecule has 0 fully saturated rings. The molecule has 100 valence electrons. The Balaban J connectivity index is 2.11. The zero-order valence-electron chi connectivity index (χ0n) is 11.4. The summed E-state index contributed by atoms with van der Waals surface area (Å²) >= 11 is 0. The normalized spacial score (nSPS) is 13.2. The van der Waals surface area contributed by atoms with Crippen molar-refractivity contribution in [3.63, 3.8) is 0 Å². The fraction of sp³-hybridized carbons (Fsp3) is 0.0556. The topological polar surface area (TPSA) is 47.0 Å². The molecule has 1 heterocycles. The zero-order chi connectivity index (χ0) is 14.6. The van der Waals surface area contributed by atoms with Crippen LogP contribution in [0.3, 0.4) is 0 Å². The SMILES string of the molecule is Cc1ccc2c3c(cnc2c1)C(=O)c1ccccc1C3=O. The Bertz CT molecular complexity index is 941. The summed E-state index contributed by atoms with van der Waals surface area (Å²) in [6.45, 7) is 1.98. The van der Waals surface area contributed by atoms with Gasteiger partial charge in [0.2, 0.25) is 0 Å². The van der Waals surface area contributed by atoms with Crippen molar-refractivity contribution in [1.29, 1.82) is 0 Å². The van der Waals surface area contributed by atoms with E-state index in [2.05, 4.69) is 4.98 Å². The molecule has 0 saturated carbocycles. The Morgan fingerprint density at radius 3 is 2.33 bits per heavy atom. The molecule has 3 nitrogen and oxygen atoms in total. The Morgan fingerprint density at radius 1 is 0.857 bits per heavy atom. The van der Waals surface area contributed by atoms with Crippen LogP contribution in [0, 0.1) is 6.92 Å². The lowest BCUT2D eigenvalue weighted by Crippen LogP contribution is -2.21. The number of pyridine rings is 1. The van der Waals surface area contributed by atoms with Crippen molar-refractivity contribution < 1.29 is 9.59 Å². The van der Waals surface area contributed by atoms with Gasteiger partial charge in [-0.2, -0.15) is 0 Å². The van der Waals surface area contributed by atoms with Crippen molar-refractivity contribution in [2.24, 2.45) is 0 Å². The zero-order valence-corrected chi connectivity index (χ0v) is 11.4. The Kier molecular flexibility index (Phi) is 2.33. The average Bonchev–Trinajstić information content (AvgIpc) is 2.51. The maximum absolute atomic E-state index is 12.8. The molecule has 0 aliphatic heterocycles. The molecule has 1 aliphatic rings. The van der Waals surface area contributed by atoms with Crippen molar-refractivity contribution in [3.05, 3.63) is 76.5 Å². The van der Waals surface area contributed by atoms with Crippen LogP contribution in [-0.2, 0) is 0 Å². The fourth-order valence-electron chi connectivity index (χ4n) is 2.88. The highest BCUT2D eigenvalue weighted by atomic mass is 16.1. The van der Waals surface area contributed by atoms with Crippen LogP contribution in [-0.4, -0.2) is 16.6 Å². The maximum atomic E-state index is 12.8. The summed E-state index contributed by atoms with van der Waals surface area (Å²) < 4.78 is 0. The van der Waals surface area contributed by atoms with E-state index >= 15 is 0 Å². The van der Waals surface area contributed by atoms with Gasteiger partial charge in [0, 0.05) is 28.3 Å². The van der Waals surface area contributed by atoms with Crippen LogP contribution in [0.15, 0.2) is 48.7 Å². The molecule has 0 atom stereocenters. The standard InChI is InChI=1S/C18H11NO2/c1-10-6-7-13-15(8-10)19-9-14-16(13)18(21)12-5-3-2-4-11(12)17(14)20/h2-9H,1H3. The minimum absolute atomic E-state index is 0.101. The summed E-state index contributed by atoms with van der Waals surface area (Å²) in [6.07, 6.45) is 1.52. The van der Waals surface area contributed by atoms with Crippen LogP contribution in [0.2, 0.25) is 0 Å². The van der Waals surface area contributed by atoms with Crippen LogP contribution in [0.1, 0.15) is 37.4 Å². The number of benzene rings is 2. The molecule has 4 rings (SSSR count). The highest BCUT2D eigenvalue weighted by Gasteiger charge is 2.31. The minimum Gasteiger partial charge on any atom is -0.289 e. The van der Waals surface area contributed by atoms with Crippen LogP contribution < -0.4 is 0 Å². The number of aromatic nitrogens is 1. The highest BCUT2D eigenvalue weighted by molar-refractivity contribution is 6.31. The molecule has 3 aromatic rings. The van der Waals surface area contributed by atoms with E-state index in [1.807, 2.05) is 25.1 Å². The monoisotopic (exact) mass is 273 g/mol. The second-order valence-corrected chi connectivity index (χ2v) is 5.27. The van der Waals surface area contributed by atoms with Crippen LogP contribution in [0.4, 0.5) is 0 Å². The van der Waals surface area contributed by atoms with Crippen molar-refractivity contribution in [2.75, 3.05) is 0 Å². The van der Waals surface area contributed by atoms with E-state index in [1.165, 1.54) is 6.20 Å². The lowest BCUT2D eigenvalue weighted by molar-refractivity contribution is 0.0980. The summed E-state index contributed by atoms with van der Waals surface area (Å²) in [5, 5.41) is 0.742. The lowest BCUT2D eigenvalue weighted by Gasteiger charge is -2.18. The summed E-state index contributed by atoms with van der Waals surface area (Å²) in [5.74, 6) is -0.230. The maximum Gasteiger partial charge on any atom is 0.196 e. The van der Waals surface area contributed by atoms with Crippen molar-refractivity contribution >= 4 is 22.5 Å². The number of carbonyl (C=O) groups excluding carboxylic acids is 2. The van der Waals surface area contributed by atoms with Gasteiger partial charge in [0.25, 0.3) is 0 Å². The molecule has 0 N–H and O–H groups in total. The number of hydrogen-bond donors (Lipinski definition) is 0.